The van der Waals surface area contributed by atoms with Crippen molar-refractivity contribution in [2.45, 2.75) is 51.1 Å². The number of hydrogen-bond donors (Lipinski definition) is 3. The summed E-state index contributed by atoms with van der Waals surface area (Å²) < 4.78 is 5.24. The third-order valence-electron chi connectivity index (χ3n) is 4.50. The van der Waals surface area contributed by atoms with Crippen molar-refractivity contribution in [3.05, 3.63) is 24.3 Å². The van der Waals surface area contributed by atoms with Crippen molar-refractivity contribution >= 4 is 11.6 Å². The number of anilines is 1. The van der Waals surface area contributed by atoms with Crippen LogP contribution in [0.25, 0.3) is 0 Å². The van der Waals surface area contributed by atoms with Crippen LogP contribution >= 0.6 is 0 Å². The minimum Gasteiger partial charge on any atom is -0.495 e. The first-order chi connectivity index (χ1) is 11.1. The number of nitrogens with one attached hydrogen (secondary N) is 2. The van der Waals surface area contributed by atoms with E-state index in [0.29, 0.717) is 36.4 Å². The third-order valence-corrected chi connectivity index (χ3v) is 4.50. The van der Waals surface area contributed by atoms with Crippen LogP contribution in [0.2, 0.25) is 0 Å². The molecule has 1 aromatic rings. The molecule has 128 valence electrons. The third kappa shape index (κ3) is 5.52. The molecule has 0 radical (unpaired) electrons. The van der Waals surface area contributed by atoms with Crippen LogP contribution in [0.1, 0.15) is 39.0 Å². The molecule has 1 unspecified atom stereocenters. The van der Waals surface area contributed by atoms with Crippen LogP contribution in [0.4, 0.5) is 5.69 Å². The lowest BCUT2D eigenvalue weighted by Crippen LogP contribution is -2.41. The first-order valence-electron chi connectivity index (χ1n) is 8.42. The van der Waals surface area contributed by atoms with Crippen molar-refractivity contribution in [1.29, 1.82) is 0 Å². The zero-order valence-electron chi connectivity index (χ0n) is 14.0. The van der Waals surface area contributed by atoms with Crippen molar-refractivity contribution in [2.75, 3.05) is 19.0 Å². The summed E-state index contributed by atoms with van der Waals surface area (Å²) in [6.07, 6.45) is 4.70. The molecule has 0 heterocycles. The molecule has 1 saturated carbocycles. The number of rotatable bonds is 7. The summed E-state index contributed by atoms with van der Waals surface area (Å²) >= 11 is 0. The van der Waals surface area contributed by atoms with Gasteiger partial charge >= 0.3 is 0 Å². The lowest BCUT2D eigenvalue weighted by atomic mass is 9.86. The molecule has 1 aliphatic rings. The van der Waals surface area contributed by atoms with E-state index in [0.717, 1.165) is 25.7 Å². The van der Waals surface area contributed by atoms with E-state index in [1.165, 1.54) is 0 Å². The fourth-order valence-corrected chi connectivity index (χ4v) is 3.20. The lowest BCUT2D eigenvalue weighted by Gasteiger charge is -2.30. The molecule has 5 heteroatoms. The second-order valence-corrected chi connectivity index (χ2v) is 6.42. The van der Waals surface area contributed by atoms with Gasteiger partial charge in [-0.2, -0.15) is 0 Å². The van der Waals surface area contributed by atoms with Crippen molar-refractivity contribution in [3.8, 4) is 5.75 Å². The predicted molar refractivity (Wildman–Crippen MR) is 91.7 cm³/mol. The number of amides is 1. The molecule has 1 aliphatic carbocycles. The number of methoxy groups -OCH3 is 1. The maximum atomic E-state index is 12.2. The first-order valence-corrected chi connectivity index (χ1v) is 8.42. The Morgan fingerprint density at radius 1 is 1.30 bits per heavy atom. The number of ether oxygens (including phenoxy) is 1. The largest absolute Gasteiger partial charge is 0.495 e. The number of aliphatic hydroxyl groups excluding tert-OH is 1. The molecular formula is C18H28N2O3. The zero-order valence-corrected chi connectivity index (χ0v) is 14.0. The molecule has 0 saturated heterocycles. The number of carbonyl (C=O) groups is 1. The smallest absolute Gasteiger partial charge is 0.226 e. The highest BCUT2D eigenvalue weighted by atomic mass is 16.5. The van der Waals surface area contributed by atoms with Crippen LogP contribution in [0, 0.1) is 5.92 Å². The Balaban J connectivity index is 1.76. The predicted octanol–water partition coefficient (Wildman–Crippen LogP) is 2.55. The quantitative estimate of drug-likeness (QED) is 0.722. The van der Waals surface area contributed by atoms with Crippen LogP contribution < -0.4 is 15.4 Å². The molecule has 0 spiro atoms. The molecule has 1 amide bonds. The Kier molecular flexibility index (Phi) is 6.86. The maximum Gasteiger partial charge on any atom is 0.226 e. The molecule has 0 aliphatic heterocycles. The van der Waals surface area contributed by atoms with Gasteiger partial charge in [-0.25, -0.2) is 0 Å². The van der Waals surface area contributed by atoms with Crippen molar-refractivity contribution < 1.29 is 14.6 Å². The summed E-state index contributed by atoms with van der Waals surface area (Å²) in [6.45, 7) is 2.34. The van der Waals surface area contributed by atoms with Crippen LogP contribution in [-0.2, 0) is 4.79 Å². The first kappa shape index (κ1) is 17.8. The number of hydrogen-bond acceptors (Lipinski definition) is 4. The molecule has 3 N–H and O–H groups in total. The van der Waals surface area contributed by atoms with E-state index < -0.39 is 0 Å². The Morgan fingerprint density at radius 2 is 2.00 bits per heavy atom. The topological polar surface area (TPSA) is 70.6 Å². The van der Waals surface area contributed by atoms with Crippen LogP contribution in [0.3, 0.4) is 0 Å². The van der Waals surface area contributed by atoms with E-state index >= 15 is 0 Å². The number of carbonyl (C=O) groups excluding carboxylic acids is 1. The van der Waals surface area contributed by atoms with Gasteiger partial charge in [-0.3, -0.25) is 4.79 Å². The summed E-state index contributed by atoms with van der Waals surface area (Å²) in [7, 11) is 1.60. The van der Waals surface area contributed by atoms with Gasteiger partial charge in [0, 0.05) is 25.1 Å². The number of benzene rings is 1. The number of aliphatic hydroxyl groups is 1. The molecule has 0 aromatic heterocycles. The van der Waals surface area contributed by atoms with Gasteiger partial charge in [0.2, 0.25) is 5.91 Å². The second-order valence-electron chi connectivity index (χ2n) is 6.42. The van der Waals surface area contributed by atoms with Gasteiger partial charge < -0.3 is 20.5 Å². The van der Waals surface area contributed by atoms with E-state index in [4.69, 9.17) is 4.74 Å². The molecule has 1 fully saturated rings. The Morgan fingerprint density at radius 3 is 2.65 bits per heavy atom. The Labute approximate surface area is 138 Å². The van der Waals surface area contributed by atoms with Gasteiger partial charge in [-0.1, -0.05) is 12.1 Å². The van der Waals surface area contributed by atoms with Gasteiger partial charge in [-0.15, -0.1) is 0 Å². The average molecular weight is 320 g/mol. The van der Waals surface area contributed by atoms with Crippen molar-refractivity contribution in [1.82, 2.24) is 5.32 Å². The molecule has 1 atom stereocenters. The minimum absolute atomic E-state index is 0.0152. The highest BCUT2D eigenvalue weighted by Gasteiger charge is 2.22. The fourth-order valence-electron chi connectivity index (χ4n) is 3.20. The van der Waals surface area contributed by atoms with Crippen molar-refractivity contribution in [3.63, 3.8) is 0 Å². The van der Waals surface area contributed by atoms with Crippen LogP contribution in [-0.4, -0.2) is 36.8 Å². The molecule has 1 aromatic carbocycles. The summed E-state index contributed by atoms with van der Waals surface area (Å²) in [5, 5.41) is 15.6. The Bertz CT molecular complexity index is 499. The van der Waals surface area contributed by atoms with Gasteiger partial charge in [0.25, 0.3) is 0 Å². The van der Waals surface area contributed by atoms with Crippen LogP contribution in [0.5, 0.6) is 5.75 Å². The van der Waals surface area contributed by atoms with E-state index in [1.54, 1.807) is 7.11 Å². The standard InChI is InChI=1S/C18H28N2O3/c1-13(19-15-9-7-14(12-21)8-10-15)11-18(22)20-16-5-3-4-6-17(16)23-2/h3-6,13-15,19,21H,7-12H2,1-2H3,(H,20,22). The SMILES string of the molecule is COc1ccccc1NC(=O)CC(C)NC1CCC(CO)CC1. The van der Waals surface area contributed by atoms with Crippen LogP contribution in [0.15, 0.2) is 24.3 Å². The van der Waals surface area contributed by atoms with Crippen molar-refractivity contribution in [2.24, 2.45) is 5.92 Å². The molecule has 23 heavy (non-hydrogen) atoms. The summed E-state index contributed by atoms with van der Waals surface area (Å²) in [6, 6.07) is 8.00. The minimum atomic E-state index is -0.0152. The van der Waals surface area contributed by atoms with Gasteiger partial charge in [0.1, 0.15) is 5.75 Å². The average Bonchev–Trinajstić information content (AvgIpc) is 2.55. The van der Waals surface area contributed by atoms with Gasteiger partial charge in [0.05, 0.1) is 12.8 Å². The normalized spacial score (nSPS) is 22.4. The molecule has 5 nitrogen and oxygen atoms in total. The summed E-state index contributed by atoms with van der Waals surface area (Å²) in [4.78, 5) is 12.2. The zero-order chi connectivity index (χ0) is 16.7. The second kappa shape index (κ2) is 8.89. The summed E-state index contributed by atoms with van der Waals surface area (Å²) in [5.74, 6) is 1.11. The lowest BCUT2D eigenvalue weighted by molar-refractivity contribution is -0.116. The van der Waals surface area contributed by atoms with E-state index in [2.05, 4.69) is 10.6 Å². The fraction of sp³-hybridized carbons (Fsp3) is 0.611. The van der Waals surface area contributed by atoms with Gasteiger partial charge in [0.15, 0.2) is 0 Å². The molecule has 2 rings (SSSR count). The highest BCUT2D eigenvalue weighted by molar-refractivity contribution is 5.92. The van der Waals surface area contributed by atoms with E-state index in [9.17, 15) is 9.90 Å². The Hall–Kier alpha value is -1.59. The van der Waals surface area contributed by atoms with E-state index in [1.807, 2.05) is 31.2 Å². The summed E-state index contributed by atoms with van der Waals surface area (Å²) in [5.41, 5.74) is 0.704. The highest BCUT2D eigenvalue weighted by Crippen LogP contribution is 2.25. The maximum absolute atomic E-state index is 12.2. The van der Waals surface area contributed by atoms with E-state index in [-0.39, 0.29) is 11.9 Å². The molecular weight excluding hydrogens is 292 g/mol. The van der Waals surface area contributed by atoms with Gasteiger partial charge in [-0.05, 0) is 50.7 Å². The monoisotopic (exact) mass is 320 g/mol. The number of para-hydroxylation sites is 2. The molecule has 0 bridgehead atoms.